The number of aryl methyl sites for hydroxylation is 1. The average Bonchev–Trinajstić information content (AvgIpc) is 2.38. The predicted molar refractivity (Wildman–Crippen MR) is 62.6 cm³/mol. The highest BCUT2D eigenvalue weighted by Crippen LogP contribution is 2.21. The quantitative estimate of drug-likeness (QED) is 0.836. The van der Waals surface area contributed by atoms with Crippen LogP contribution < -0.4 is 5.73 Å². The minimum Gasteiger partial charge on any atom is -0.330 e. The molecule has 0 saturated heterocycles. The third-order valence-electron chi connectivity index (χ3n) is 2.43. The molecule has 82 valence electrons. The molecule has 0 spiro atoms. The first-order valence-electron chi connectivity index (χ1n) is 5.30. The highest BCUT2D eigenvalue weighted by atomic mass is 14.8. The molecule has 2 aromatic heterocycles. The van der Waals surface area contributed by atoms with Crippen molar-refractivity contribution in [2.75, 3.05) is 6.54 Å². The Hall–Kier alpha value is -1.81. The summed E-state index contributed by atoms with van der Waals surface area (Å²) < 4.78 is 0. The van der Waals surface area contributed by atoms with Crippen molar-refractivity contribution in [3.8, 4) is 11.1 Å². The molecule has 0 bridgehead atoms. The fourth-order valence-corrected chi connectivity index (χ4v) is 1.64. The van der Waals surface area contributed by atoms with Crippen molar-refractivity contribution in [2.24, 2.45) is 5.73 Å². The third-order valence-corrected chi connectivity index (χ3v) is 2.43. The van der Waals surface area contributed by atoms with Crippen molar-refractivity contribution in [3.63, 3.8) is 0 Å². The maximum atomic E-state index is 5.52. The van der Waals surface area contributed by atoms with E-state index in [1.54, 1.807) is 6.20 Å². The molecule has 0 aromatic carbocycles. The topological polar surface area (TPSA) is 64.7 Å². The first-order valence-corrected chi connectivity index (χ1v) is 5.30. The zero-order valence-corrected chi connectivity index (χ0v) is 9.00. The first-order chi connectivity index (χ1) is 7.92. The fourth-order valence-electron chi connectivity index (χ4n) is 1.64. The van der Waals surface area contributed by atoms with Gasteiger partial charge in [0.2, 0.25) is 0 Å². The van der Waals surface area contributed by atoms with E-state index in [4.69, 9.17) is 5.73 Å². The lowest BCUT2D eigenvalue weighted by Crippen LogP contribution is -2.01. The van der Waals surface area contributed by atoms with Crippen LogP contribution in [0.2, 0.25) is 0 Å². The molecular formula is C12H14N4. The molecule has 0 radical (unpaired) electrons. The second-order valence-corrected chi connectivity index (χ2v) is 3.55. The van der Waals surface area contributed by atoms with Crippen molar-refractivity contribution < 1.29 is 0 Å². The molecule has 2 N–H and O–H groups in total. The summed E-state index contributed by atoms with van der Waals surface area (Å²) in [6.07, 6.45) is 10.7. The normalized spacial score (nSPS) is 10.3. The van der Waals surface area contributed by atoms with Crippen LogP contribution in [0.15, 0.2) is 37.2 Å². The second-order valence-electron chi connectivity index (χ2n) is 3.55. The maximum Gasteiger partial charge on any atom is 0.115 e. The largest absolute Gasteiger partial charge is 0.330 e. The van der Waals surface area contributed by atoms with E-state index in [1.165, 1.54) is 11.9 Å². The van der Waals surface area contributed by atoms with Gasteiger partial charge in [-0.2, -0.15) is 0 Å². The van der Waals surface area contributed by atoms with Crippen molar-refractivity contribution in [2.45, 2.75) is 12.8 Å². The molecule has 4 heteroatoms. The zero-order chi connectivity index (χ0) is 11.2. The SMILES string of the molecule is NCCCc1cnccc1-c1cncnc1. The van der Waals surface area contributed by atoms with E-state index >= 15 is 0 Å². The highest BCUT2D eigenvalue weighted by molar-refractivity contribution is 5.64. The molecule has 2 heterocycles. The van der Waals surface area contributed by atoms with Crippen molar-refractivity contribution in [3.05, 3.63) is 42.7 Å². The van der Waals surface area contributed by atoms with Crippen LogP contribution in [0, 0.1) is 0 Å². The number of nitrogens with zero attached hydrogens (tertiary/aromatic N) is 3. The monoisotopic (exact) mass is 214 g/mol. The Labute approximate surface area is 94.6 Å². The first kappa shape index (κ1) is 10.7. The molecule has 0 aliphatic rings. The van der Waals surface area contributed by atoms with Gasteiger partial charge in [-0.05, 0) is 36.6 Å². The summed E-state index contributed by atoms with van der Waals surface area (Å²) in [5, 5.41) is 0. The second kappa shape index (κ2) is 5.32. The van der Waals surface area contributed by atoms with Gasteiger partial charge in [-0.25, -0.2) is 9.97 Å². The molecule has 16 heavy (non-hydrogen) atoms. The van der Waals surface area contributed by atoms with E-state index in [0.717, 1.165) is 24.0 Å². The van der Waals surface area contributed by atoms with E-state index < -0.39 is 0 Å². The van der Waals surface area contributed by atoms with Gasteiger partial charge >= 0.3 is 0 Å². The molecule has 4 nitrogen and oxygen atoms in total. The number of nitrogens with two attached hydrogens (primary N) is 1. The van der Waals surface area contributed by atoms with Crippen LogP contribution in [0.5, 0.6) is 0 Å². The van der Waals surface area contributed by atoms with Gasteiger partial charge in [0, 0.05) is 30.4 Å². The van der Waals surface area contributed by atoms with Crippen molar-refractivity contribution >= 4 is 0 Å². The van der Waals surface area contributed by atoms with Gasteiger partial charge in [-0.3, -0.25) is 4.98 Å². The molecule has 0 saturated carbocycles. The minimum absolute atomic E-state index is 0.694. The van der Waals surface area contributed by atoms with Crippen LogP contribution in [0.4, 0.5) is 0 Å². The van der Waals surface area contributed by atoms with Crippen molar-refractivity contribution in [1.29, 1.82) is 0 Å². The van der Waals surface area contributed by atoms with Gasteiger partial charge in [0.25, 0.3) is 0 Å². The van der Waals surface area contributed by atoms with Crippen LogP contribution in [0.3, 0.4) is 0 Å². The van der Waals surface area contributed by atoms with E-state index in [1.807, 2.05) is 24.7 Å². The number of rotatable bonds is 4. The van der Waals surface area contributed by atoms with Crippen molar-refractivity contribution in [1.82, 2.24) is 15.0 Å². The zero-order valence-electron chi connectivity index (χ0n) is 9.00. The van der Waals surface area contributed by atoms with Gasteiger partial charge in [0.1, 0.15) is 6.33 Å². The molecule has 0 unspecified atom stereocenters. The highest BCUT2D eigenvalue weighted by Gasteiger charge is 2.04. The molecule has 0 aliphatic heterocycles. The molecule has 0 aliphatic carbocycles. The maximum absolute atomic E-state index is 5.52. The minimum atomic E-state index is 0.694. The van der Waals surface area contributed by atoms with Crippen LogP contribution in [0.25, 0.3) is 11.1 Å². The van der Waals surface area contributed by atoms with Crippen LogP contribution in [-0.2, 0) is 6.42 Å². The summed E-state index contributed by atoms with van der Waals surface area (Å²) in [5.41, 5.74) is 8.88. The Morgan fingerprint density at radius 3 is 2.62 bits per heavy atom. The standard InChI is InChI=1S/C12H14N4/c13-4-1-2-10-6-14-5-3-12(10)11-7-15-9-16-8-11/h3,5-9H,1-2,4,13H2. The van der Waals surface area contributed by atoms with Gasteiger partial charge in [0.15, 0.2) is 0 Å². The summed E-state index contributed by atoms with van der Waals surface area (Å²) >= 11 is 0. The lowest BCUT2D eigenvalue weighted by molar-refractivity contribution is 0.830. The molecule has 0 amide bonds. The Bertz CT molecular complexity index is 442. The number of hydrogen-bond acceptors (Lipinski definition) is 4. The van der Waals surface area contributed by atoms with E-state index in [2.05, 4.69) is 15.0 Å². The Balaban J connectivity index is 2.33. The summed E-state index contributed by atoms with van der Waals surface area (Å²) in [5.74, 6) is 0. The van der Waals surface area contributed by atoms with E-state index in [0.29, 0.717) is 6.54 Å². The number of pyridine rings is 1. The summed E-state index contributed by atoms with van der Waals surface area (Å²) in [4.78, 5) is 12.2. The van der Waals surface area contributed by atoms with Gasteiger partial charge < -0.3 is 5.73 Å². The van der Waals surface area contributed by atoms with Gasteiger partial charge in [-0.1, -0.05) is 0 Å². The lowest BCUT2D eigenvalue weighted by atomic mass is 10.0. The molecule has 2 rings (SSSR count). The third kappa shape index (κ3) is 2.41. The molecule has 0 atom stereocenters. The smallest absolute Gasteiger partial charge is 0.115 e. The summed E-state index contributed by atoms with van der Waals surface area (Å²) in [7, 11) is 0. The van der Waals surface area contributed by atoms with Gasteiger partial charge in [-0.15, -0.1) is 0 Å². The molecular weight excluding hydrogens is 200 g/mol. The molecule has 2 aromatic rings. The summed E-state index contributed by atoms with van der Waals surface area (Å²) in [6.45, 7) is 0.694. The Morgan fingerprint density at radius 2 is 1.88 bits per heavy atom. The molecule has 0 fully saturated rings. The Kier molecular flexibility index (Phi) is 3.56. The van der Waals surface area contributed by atoms with E-state index in [9.17, 15) is 0 Å². The number of aromatic nitrogens is 3. The van der Waals surface area contributed by atoms with E-state index in [-0.39, 0.29) is 0 Å². The number of hydrogen-bond donors (Lipinski definition) is 1. The lowest BCUT2D eigenvalue weighted by Gasteiger charge is -2.07. The van der Waals surface area contributed by atoms with Gasteiger partial charge in [0.05, 0.1) is 0 Å². The van der Waals surface area contributed by atoms with Crippen LogP contribution >= 0.6 is 0 Å². The van der Waals surface area contributed by atoms with Crippen LogP contribution in [-0.4, -0.2) is 21.5 Å². The Morgan fingerprint density at radius 1 is 1.06 bits per heavy atom. The average molecular weight is 214 g/mol. The summed E-state index contributed by atoms with van der Waals surface area (Å²) in [6, 6.07) is 1.99. The predicted octanol–water partition coefficient (Wildman–Crippen LogP) is 1.43. The van der Waals surface area contributed by atoms with Crippen LogP contribution in [0.1, 0.15) is 12.0 Å². The fraction of sp³-hybridized carbons (Fsp3) is 0.250.